The third-order valence-corrected chi connectivity index (χ3v) is 4.30. The Hall–Kier alpha value is -2.50. The minimum absolute atomic E-state index is 0.123. The molecule has 2 rings (SSSR count). The highest BCUT2D eigenvalue weighted by Crippen LogP contribution is 2.33. The summed E-state index contributed by atoms with van der Waals surface area (Å²) in [7, 11) is 4.75. The predicted molar refractivity (Wildman–Crippen MR) is 102 cm³/mol. The molecule has 2 atom stereocenters. The number of hydrogen-bond donors (Lipinski definition) is 2. The monoisotopic (exact) mass is 358 g/mol. The van der Waals surface area contributed by atoms with Crippen LogP contribution in [0.2, 0.25) is 0 Å². The Balaban J connectivity index is 2.05. The number of aliphatic hydroxyl groups excluding tert-OH is 2. The molecular formula is C21H26O5. The molecule has 26 heavy (non-hydrogen) atoms. The first-order valence-corrected chi connectivity index (χ1v) is 8.44. The maximum Gasteiger partial charge on any atom is 0.161 e. The van der Waals surface area contributed by atoms with E-state index in [2.05, 4.69) is 0 Å². The zero-order chi connectivity index (χ0) is 18.9. The normalized spacial score (nSPS) is 13.4. The standard InChI is InChI=1S/C21H26O5/c1-24-18-10-7-15(8-11-18)5-4-6-17(14-22)21(23)16-9-12-19(25-2)20(13-16)26-3/h4-5,7-13,17,21-23H,6,14H2,1-3H3/b5-4+/t17-,21+/m0/s1. The van der Waals surface area contributed by atoms with Crippen molar-refractivity contribution in [3.8, 4) is 17.2 Å². The van der Waals surface area contributed by atoms with Crippen LogP contribution >= 0.6 is 0 Å². The van der Waals surface area contributed by atoms with Gasteiger partial charge in [-0.1, -0.05) is 30.4 Å². The molecule has 0 fully saturated rings. The number of hydrogen-bond acceptors (Lipinski definition) is 5. The van der Waals surface area contributed by atoms with Crippen LogP contribution in [-0.4, -0.2) is 38.1 Å². The van der Waals surface area contributed by atoms with E-state index in [0.717, 1.165) is 11.3 Å². The van der Waals surface area contributed by atoms with Gasteiger partial charge in [0.05, 0.1) is 27.4 Å². The Labute approximate surface area is 154 Å². The Morgan fingerprint density at radius 1 is 0.923 bits per heavy atom. The average molecular weight is 358 g/mol. The second-order valence-corrected chi connectivity index (χ2v) is 5.91. The molecule has 0 heterocycles. The van der Waals surface area contributed by atoms with E-state index in [1.165, 1.54) is 0 Å². The first kappa shape index (κ1) is 19.8. The average Bonchev–Trinajstić information content (AvgIpc) is 2.70. The van der Waals surface area contributed by atoms with Gasteiger partial charge >= 0.3 is 0 Å². The summed E-state index contributed by atoms with van der Waals surface area (Å²) in [5, 5.41) is 20.3. The minimum Gasteiger partial charge on any atom is -0.497 e. The lowest BCUT2D eigenvalue weighted by molar-refractivity contribution is 0.0682. The summed E-state index contributed by atoms with van der Waals surface area (Å²) in [5.74, 6) is 1.64. The summed E-state index contributed by atoms with van der Waals surface area (Å²) < 4.78 is 15.6. The quantitative estimate of drug-likeness (QED) is 0.718. The Bertz CT molecular complexity index is 709. The van der Waals surface area contributed by atoms with E-state index in [1.807, 2.05) is 36.4 Å². The molecule has 0 aliphatic rings. The number of aliphatic hydroxyl groups is 2. The number of ether oxygens (including phenoxy) is 3. The lowest BCUT2D eigenvalue weighted by Crippen LogP contribution is -2.16. The smallest absolute Gasteiger partial charge is 0.161 e. The lowest BCUT2D eigenvalue weighted by Gasteiger charge is -2.21. The molecule has 0 spiro atoms. The molecule has 5 heteroatoms. The number of benzene rings is 2. The Morgan fingerprint density at radius 2 is 1.62 bits per heavy atom. The van der Waals surface area contributed by atoms with Gasteiger partial charge in [-0.3, -0.25) is 0 Å². The molecule has 5 nitrogen and oxygen atoms in total. The van der Waals surface area contributed by atoms with Crippen molar-refractivity contribution in [3.05, 3.63) is 59.7 Å². The fourth-order valence-corrected chi connectivity index (χ4v) is 2.71. The third kappa shape index (κ3) is 5.00. The van der Waals surface area contributed by atoms with Gasteiger partial charge in [-0.05, 0) is 41.8 Å². The van der Waals surface area contributed by atoms with E-state index in [1.54, 1.807) is 39.5 Å². The van der Waals surface area contributed by atoms with Gasteiger partial charge in [0.2, 0.25) is 0 Å². The first-order valence-electron chi connectivity index (χ1n) is 8.44. The number of methoxy groups -OCH3 is 3. The second kappa shape index (κ2) is 9.85. The van der Waals surface area contributed by atoms with Crippen molar-refractivity contribution in [2.45, 2.75) is 12.5 Å². The van der Waals surface area contributed by atoms with E-state index in [4.69, 9.17) is 14.2 Å². The molecule has 0 amide bonds. The summed E-state index contributed by atoms with van der Waals surface area (Å²) in [6, 6.07) is 13.0. The number of allylic oxidation sites excluding steroid dienone is 1. The van der Waals surface area contributed by atoms with Crippen LogP contribution in [0.5, 0.6) is 17.2 Å². The van der Waals surface area contributed by atoms with Gasteiger partial charge in [0.25, 0.3) is 0 Å². The molecule has 0 saturated carbocycles. The molecule has 0 aliphatic carbocycles. The van der Waals surface area contributed by atoms with Crippen molar-refractivity contribution in [1.29, 1.82) is 0 Å². The van der Waals surface area contributed by atoms with Crippen LogP contribution in [0.15, 0.2) is 48.5 Å². The fourth-order valence-electron chi connectivity index (χ4n) is 2.71. The van der Waals surface area contributed by atoms with Crippen LogP contribution in [0.1, 0.15) is 23.7 Å². The van der Waals surface area contributed by atoms with Gasteiger partial charge < -0.3 is 24.4 Å². The predicted octanol–water partition coefficient (Wildman–Crippen LogP) is 3.46. The second-order valence-electron chi connectivity index (χ2n) is 5.91. The van der Waals surface area contributed by atoms with Crippen molar-refractivity contribution >= 4 is 6.08 Å². The highest BCUT2D eigenvalue weighted by atomic mass is 16.5. The molecule has 2 N–H and O–H groups in total. The SMILES string of the molecule is COc1ccc(/C=C/C[C@@H](CO)[C@H](O)c2ccc(OC)c(OC)c2)cc1. The van der Waals surface area contributed by atoms with Crippen molar-refractivity contribution in [2.24, 2.45) is 5.92 Å². The van der Waals surface area contributed by atoms with Crippen LogP contribution in [0.4, 0.5) is 0 Å². The largest absolute Gasteiger partial charge is 0.497 e. The molecule has 140 valence electrons. The molecule has 2 aromatic carbocycles. The van der Waals surface area contributed by atoms with E-state index >= 15 is 0 Å². The van der Waals surface area contributed by atoms with Gasteiger partial charge in [0, 0.05) is 12.5 Å². The summed E-state index contributed by atoms with van der Waals surface area (Å²) in [4.78, 5) is 0. The van der Waals surface area contributed by atoms with Crippen LogP contribution in [0.25, 0.3) is 6.08 Å². The summed E-state index contributed by atoms with van der Waals surface area (Å²) in [6.07, 6.45) is 3.65. The van der Waals surface area contributed by atoms with Crippen molar-refractivity contribution in [2.75, 3.05) is 27.9 Å². The van der Waals surface area contributed by atoms with Crippen molar-refractivity contribution < 1.29 is 24.4 Å². The zero-order valence-corrected chi connectivity index (χ0v) is 15.4. The summed E-state index contributed by atoms with van der Waals surface area (Å²) >= 11 is 0. The Kier molecular flexibility index (Phi) is 7.51. The van der Waals surface area contributed by atoms with E-state index in [9.17, 15) is 10.2 Å². The molecule has 0 bridgehead atoms. The summed E-state index contributed by atoms with van der Waals surface area (Å²) in [6.45, 7) is -0.123. The van der Waals surface area contributed by atoms with Gasteiger partial charge in [-0.25, -0.2) is 0 Å². The highest BCUT2D eigenvalue weighted by Gasteiger charge is 2.20. The first-order chi connectivity index (χ1) is 12.6. The zero-order valence-electron chi connectivity index (χ0n) is 15.4. The maximum atomic E-state index is 10.6. The van der Waals surface area contributed by atoms with Crippen LogP contribution in [0.3, 0.4) is 0 Å². The lowest BCUT2D eigenvalue weighted by atomic mass is 9.93. The van der Waals surface area contributed by atoms with E-state index in [0.29, 0.717) is 23.5 Å². The molecule has 0 saturated heterocycles. The van der Waals surface area contributed by atoms with Crippen molar-refractivity contribution in [3.63, 3.8) is 0 Å². The highest BCUT2D eigenvalue weighted by molar-refractivity contribution is 5.50. The third-order valence-electron chi connectivity index (χ3n) is 4.30. The van der Waals surface area contributed by atoms with Gasteiger partial charge in [0.15, 0.2) is 11.5 Å². The fraction of sp³-hybridized carbons (Fsp3) is 0.333. The molecule has 0 radical (unpaired) electrons. The molecule has 0 aliphatic heterocycles. The van der Waals surface area contributed by atoms with Crippen LogP contribution in [0, 0.1) is 5.92 Å². The topological polar surface area (TPSA) is 68.2 Å². The van der Waals surface area contributed by atoms with Crippen LogP contribution < -0.4 is 14.2 Å². The maximum absolute atomic E-state index is 10.6. The molecule has 2 aromatic rings. The molecule has 0 unspecified atom stereocenters. The summed E-state index contributed by atoms with van der Waals surface area (Å²) in [5.41, 5.74) is 1.71. The Morgan fingerprint density at radius 3 is 2.19 bits per heavy atom. The minimum atomic E-state index is -0.805. The van der Waals surface area contributed by atoms with Crippen molar-refractivity contribution in [1.82, 2.24) is 0 Å². The van der Waals surface area contributed by atoms with Gasteiger partial charge in [-0.2, -0.15) is 0 Å². The van der Waals surface area contributed by atoms with E-state index < -0.39 is 6.10 Å². The number of rotatable bonds is 9. The molecular weight excluding hydrogens is 332 g/mol. The van der Waals surface area contributed by atoms with Crippen LogP contribution in [-0.2, 0) is 0 Å². The molecule has 0 aromatic heterocycles. The van der Waals surface area contributed by atoms with E-state index in [-0.39, 0.29) is 12.5 Å². The van der Waals surface area contributed by atoms with Gasteiger partial charge in [-0.15, -0.1) is 0 Å². The van der Waals surface area contributed by atoms with Gasteiger partial charge in [0.1, 0.15) is 5.75 Å².